The van der Waals surface area contributed by atoms with Crippen molar-refractivity contribution in [2.45, 2.75) is 141 Å². The van der Waals surface area contributed by atoms with Crippen molar-refractivity contribution in [1.29, 1.82) is 0 Å². The lowest BCUT2D eigenvalue weighted by Crippen LogP contribution is -2.63. The Bertz CT molecular complexity index is 2660. The highest BCUT2D eigenvalue weighted by Gasteiger charge is 2.64. The van der Waals surface area contributed by atoms with Gasteiger partial charge in [-0.05, 0) is 81.3 Å². The first-order valence-electron chi connectivity index (χ1n) is 26.3. The Morgan fingerprint density at radius 1 is 1.05 bits per heavy atom. The number of ether oxygens (including phenoxy) is 6. The first-order valence-corrected chi connectivity index (χ1v) is 26.7. The van der Waals surface area contributed by atoms with Crippen LogP contribution in [0.25, 0.3) is 0 Å². The second-order valence-corrected chi connectivity index (χ2v) is 21.5. The number of esters is 1. The minimum Gasteiger partial charge on any atom is -0.495 e. The zero-order valence-corrected chi connectivity index (χ0v) is 48.0. The molecule has 0 spiro atoms. The van der Waals surface area contributed by atoms with Crippen molar-refractivity contribution in [2.75, 3.05) is 58.7 Å². The maximum atomic E-state index is 14.4. The summed E-state index contributed by atoms with van der Waals surface area (Å²) in [7, 11) is 7.24. The number of hydrogen-bond acceptors (Lipinski definition) is 16. The maximum Gasteiger partial charge on any atom is 0.409 e. The number of benzene rings is 2. The summed E-state index contributed by atoms with van der Waals surface area (Å²) in [5.41, 5.74) is 10.8. The lowest BCUT2D eigenvalue weighted by Gasteiger charge is -2.42. The lowest BCUT2D eigenvalue weighted by molar-refractivity contribution is -0.162. The van der Waals surface area contributed by atoms with E-state index in [0.29, 0.717) is 35.5 Å². The number of amides is 8. The number of nitrogens with two attached hydrogens (primary N) is 2. The fourth-order valence-electron chi connectivity index (χ4n) is 9.28. The molecule has 3 aliphatic rings. The van der Waals surface area contributed by atoms with Crippen molar-refractivity contribution in [1.82, 2.24) is 25.8 Å². The average Bonchev–Trinajstić information content (AvgIpc) is 4.25. The number of carbonyl (C=O) groups excluding carboxylic acids is 8. The van der Waals surface area contributed by atoms with Gasteiger partial charge in [-0.2, -0.15) is 0 Å². The van der Waals surface area contributed by atoms with E-state index < -0.39 is 114 Å². The Morgan fingerprint density at radius 2 is 1.74 bits per heavy atom. The Morgan fingerprint density at radius 3 is 2.38 bits per heavy atom. The van der Waals surface area contributed by atoms with Gasteiger partial charge in [0.15, 0.2) is 5.72 Å². The summed E-state index contributed by atoms with van der Waals surface area (Å²) in [6.45, 7) is 10.3. The number of nitrogens with one attached hydrogen (secondary N) is 4. The van der Waals surface area contributed by atoms with E-state index in [0.717, 1.165) is 16.0 Å². The first kappa shape index (κ1) is 63.8. The Hall–Kier alpha value is -6.99. The standard InChI is InChI=1S/C55H78ClN9O15/c1-30(2)46(57)49(69)61-37(15-13-22-59-51(58)71)48(68)60-36-19-17-34(18-20-36)29-77-53(73)63(7)23-21-43(66)64(8)33(5)50(70)79-42-27-44(67)65(9)38-25-35(26-39(75-10)45(38)56)24-31(3)14-12-16-41(76-11)55(74)28-40(78-52(72)62-55)32(4)47-54(42,6)80-47/h12,14,16-20,25-26,30,32-33,37,40-42,46-47,74H,13,15,21-24,27-29,57H2,1-11H3,(H,60,68)(H,61,69)(H,62,72)(H3,58,59,71)/b16-12-,31-14?/t32-,33+,37+,40+,41-,42+,46+,47+,54+,55+/m1/s1. The highest BCUT2D eigenvalue weighted by Crippen LogP contribution is 2.49. The number of likely N-dealkylation sites (N-methyl/N-ethyl adjacent to an activating group) is 1. The molecular formula is C55H78ClN9O15. The van der Waals surface area contributed by atoms with Gasteiger partial charge in [0.1, 0.15) is 53.4 Å². The van der Waals surface area contributed by atoms with E-state index in [1.165, 1.54) is 52.1 Å². The number of nitrogens with zero attached hydrogens (tertiary/aromatic N) is 3. The van der Waals surface area contributed by atoms with Crippen LogP contribution in [0.2, 0.25) is 5.02 Å². The van der Waals surface area contributed by atoms with Crippen LogP contribution in [0.15, 0.2) is 60.2 Å². The number of alkyl carbamates (subject to hydrolysis) is 1. The van der Waals surface area contributed by atoms with E-state index in [9.17, 15) is 43.5 Å². The number of hydrogen-bond donors (Lipinski definition) is 7. The molecule has 2 fully saturated rings. The molecule has 0 aliphatic carbocycles. The second kappa shape index (κ2) is 27.9. The van der Waals surface area contributed by atoms with Crippen molar-refractivity contribution in [3.8, 4) is 5.75 Å². The number of anilines is 2. The van der Waals surface area contributed by atoms with Crippen LogP contribution in [-0.4, -0.2) is 165 Å². The molecule has 5 rings (SSSR count). The number of methoxy groups -OCH3 is 2. The van der Waals surface area contributed by atoms with Gasteiger partial charge in [0, 0.05) is 65.8 Å². The monoisotopic (exact) mass is 1140 g/mol. The molecule has 24 nitrogen and oxygen atoms in total. The lowest BCUT2D eigenvalue weighted by atomic mass is 9.83. The van der Waals surface area contributed by atoms with Gasteiger partial charge in [-0.1, -0.05) is 68.3 Å². The van der Waals surface area contributed by atoms with Gasteiger partial charge in [0.05, 0.1) is 31.4 Å². The van der Waals surface area contributed by atoms with Crippen LogP contribution in [0.1, 0.15) is 84.8 Å². The van der Waals surface area contributed by atoms with Gasteiger partial charge in [0.2, 0.25) is 23.6 Å². The third-order valence-electron chi connectivity index (χ3n) is 14.7. The molecule has 80 heavy (non-hydrogen) atoms. The molecule has 0 saturated carbocycles. The fourth-order valence-corrected chi connectivity index (χ4v) is 9.59. The third kappa shape index (κ3) is 16.6. The first-order chi connectivity index (χ1) is 37.6. The van der Waals surface area contributed by atoms with Gasteiger partial charge in [-0.15, -0.1) is 0 Å². The summed E-state index contributed by atoms with van der Waals surface area (Å²) < 4.78 is 34.9. The highest BCUT2D eigenvalue weighted by molar-refractivity contribution is 6.35. The van der Waals surface area contributed by atoms with Crippen molar-refractivity contribution < 1.29 is 71.9 Å². The molecule has 3 heterocycles. The zero-order valence-electron chi connectivity index (χ0n) is 47.3. The molecule has 440 valence electrons. The summed E-state index contributed by atoms with van der Waals surface area (Å²) >= 11 is 6.82. The molecule has 10 atom stereocenters. The predicted molar refractivity (Wildman–Crippen MR) is 295 cm³/mol. The Kier molecular flexibility index (Phi) is 22.3. The van der Waals surface area contributed by atoms with Crippen molar-refractivity contribution >= 4 is 70.8 Å². The van der Waals surface area contributed by atoms with E-state index in [4.69, 9.17) is 51.5 Å². The van der Waals surface area contributed by atoms with Gasteiger partial charge in [-0.3, -0.25) is 24.5 Å². The molecule has 25 heteroatoms. The summed E-state index contributed by atoms with van der Waals surface area (Å²) in [5.74, 6) is -3.39. The molecular weight excluding hydrogens is 1060 g/mol. The van der Waals surface area contributed by atoms with Gasteiger partial charge in [0.25, 0.3) is 0 Å². The molecule has 9 N–H and O–H groups in total. The SMILES string of the molecule is COc1cc2cc(c1Cl)N(C)C(=O)C[C@H](OC(=O)[C@H](C)N(C)C(=O)CCN(C)C(=O)OCc1ccc(NC(=O)[C@H](CCCNC(N)=O)NC(=O)[C@@H](N)C(C)C)cc1)[C@]1(C)O[C@H]1[C@H](C)[C@@H]1C[C@@](O)(NC(=O)O1)[C@H](OC)/C=C\C=C(C)C2. The largest absolute Gasteiger partial charge is 0.495 e. The van der Waals surface area contributed by atoms with Crippen LogP contribution < -0.4 is 42.4 Å². The van der Waals surface area contributed by atoms with E-state index >= 15 is 0 Å². The van der Waals surface area contributed by atoms with E-state index in [1.807, 2.05) is 13.0 Å². The smallest absolute Gasteiger partial charge is 0.409 e. The number of rotatable bonds is 19. The quantitative estimate of drug-likeness (QED) is 0.0452. The number of epoxide rings is 1. The Labute approximate surface area is 471 Å². The molecule has 3 aliphatic heterocycles. The van der Waals surface area contributed by atoms with Crippen LogP contribution in [0.4, 0.5) is 25.8 Å². The van der Waals surface area contributed by atoms with Crippen LogP contribution in [0.3, 0.4) is 0 Å². The molecule has 0 aromatic heterocycles. The van der Waals surface area contributed by atoms with Crippen LogP contribution >= 0.6 is 11.6 Å². The van der Waals surface area contributed by atoms with Gasteiger partial charge >= 0.3 is 24.2 Å². The molecule has 8 amide bonds. The molecule has 2 aromatic rings. The minimum absolute atomic E-state index is 0.0930. The summed E-state index contributed by atoms with van der Waals surface area (Å²) in [6.07, 6.45) is -0.239. The van der Waals surface area contributed by atoms with Crippen LogP contribution in [0.5, 0.6) is 5.75 Å². The number of halogens is 1. The number of primary amides is 1. The maximum absolute atomic E-state index is 14.4. The van der Waals surface area contributed by atoms with Crippen LogP contribution in [0, 0.1) is 11.8 Å². The van der Waals surface area contributed by atoms with Crippen molar-refractivity contribution in [3.05, 3.63) is 76.3 Å². The normalized spacial score (nSPS) is 24.5. The van der Waals surface area contributed by atoms with Crippen molar-refractivity contribution in [3.63, 3.8) is 0 Å². The molecule has 0 unspecified atom stereocenters. The van der Waals surface area contributed by atoms with E-state index in [2.05, 4.69) is 21.3 Å². The highest BCUT2D eigenvalue weighted by atomic mass is 35.5. The topological polar surface area (TPSA) is 325 Å². The Balaban J connectivity index is 1.23. The zero-order chi connectivity index (χ0) is 59.4. The number of allylic oxidation sites excluding steroid dienone is 3. The summed E-state index contributed by atoms with van der Waals surface area (Å²) in [5, 5.41) is 22.4. The third-order valence-corrected chi connectivity index (χ3v) is 15.1. The minimum atomic E-state index is -1.90. The number of fused-ring (bicyclic) bond motifs is 5. The summed E-state index contributed by atoms with van der Waals surface area (Å²) in [6, 6.07) is 6.23. The van der Waals surface area contributed by atoms with Gasteiger partial charge < -0.3 is 75.6 Å². The number of aliphatic hydroxyl groups is 1. The van der Waals surface area contributed by atoms with E-state index in [1.54, 1.807) is 76.2 Å². The van der Waals surface area contributed by atoms with Gasteiger partial charge in [-0.25, -0.2) is 19.2 Å². The number of carbonyl (C=O) groups is 8. The molecule has 2 saturated heterocycles. The van der Waals surface area contributed by atoms with E-state index in [-0.39, 0.29) is 49.9 Å². The van der Waals surface area contributed by atoms with Crippen LogP contribution in [-0.2, 0) is 60.7 Å². The van der Waals surface area contributed by atoms with Crippen molar-refractivity contribution in [2.24, 2.45) is 23.3 Å². The second-order valence-electron chi connectivity index (χ2n) is 21.1. The molecule has 0 radical (unpaired) electrons. The summed E-state index contributed by atoms with van der Waals surface area (Å²) in [4.78, 5) is 109. The molecule has 2 aromatic carbocycles. The predicted octanol–water partition coefficient (Wildman–Crippen LogP) is 4.03. The number of urea groups is 1. The fraction of sp³-hybridized carbons (Fsp3) is 0.564. The average molecular weight is 1140 g/mol. The molecule has 4 bridgehead atoms.